The van der Waals surface area contributed by atoms with E-state index in [9.17, 15) is 9.59 Å². The van der Waals surface area contributed by atoms with Crippen LogP contribution >= 0.6 is 23.5 Å². The molecule has 0 saturated heterocycles. The minimum Gasteiger partial charge on any atom is -0.481 e. The third-order valence-electron chi connectivity index (χ3n) is 1.09. The van der Waals surface area contributed by atoms with Gasteiger partial charge in [0.05, 0.1) is 12.8 Å². The number of carboxylic acids is 2. The molecule has 0 aromatic heterocycles. The molecule has 0 atom stereocenters. The summed E-state index contributed by atoms with van der Waals surface area (Å²) < 4.78 is 0. The van der Waals surface area contributed by atoms with Crippen molar-refractivity contribution in [3.63, 3.8) is 0 Å². The van der Waals surface area contributed by atoms with Crippen LogP contribution in [0.25, 0.3) is 0 Å². The topological polar surface area (TPSA) is 74.6 Å². The predicted molar refractivity (Wildman–Crippen MR) is 54.3 cm³/mol. The molecule has 0 unspecified atom stereocenters. The van der Waals surface area contributed by atoms with Crippen LogP contribution in [0.15, 0.2) is 0 Å². The van der Waals surface area contributed by atoms with E-state index < -0.39 is 11.9 Å². The number of carbonyl (C=O) groups is 2. The van der Waals surface area contributed by atoms with Gasteiger partial charge in [-0.05, 0) is 0 Å². The molecular formula is C7H12O4S2. The van der Waals surface area contributed by atoms with Crippen LogP contribution < -0.4 is 0 Å². The first-order valence-electron chi connectivity index (χ1n) is 3.72. The molecule has 6 heteroatoms. The van der Waals surface area contributed by atoms with Gasteiger partial charge in [0.1, 0.15) is 0 Å². The van der Waals surface area contributed by atoms with E-state index in [1.165, 1.54) is 23.5 Å². The van der Waals surface area contributed by atoms with Crippen LogP contribution in [0.3, 0.4) is 0 Å². The number of hydrogen-bond donors (Lipinski definition) is 2. The Morgan fingerprint density at radius 2 is 1.31 bits per heavy atom. The fraction of sp³-hybridized carbons (Fsp3) is 0.714. The number of hydrogen-bond acceptors (Lipinski definition) is 4. The van der Waals surface area contributed by atoms with Crippen molar-refractivity contribution in [3.05, 3.63) is 0 Å². The molecule has 0 aliphatic rings. The molecule has 0 heterocycles. The lowest BCUT2D eigenvalue weighted by Crippen LogP contribution is -1.97. The van der Waals surface area contributed by atoms with Gasteiger partial charge in [-0.15, -0.1) is 0 Å². The Balaban J connectivity index is 3.00. The van der Waals surface area contributed by atoms with E-state index in [1.807, 2.05) is 0 Å². The van der Waals surface area contributed by atoms with E-state index in [-0.39, 0.29) is 12.8 Å². The van der Waals surface area contributed by atoms with Gasteiger partial charge in [0.2, 0.25) is 0 Å². The van der Waals surface area contributed by atoms with Crippen LogP contribution in [0.5, 0.6) is 0 Å². The van der Waals surface area contributed by atoms with E-state index in [2.05, 4.69) is 0 Å². The van der Waals surface area contributed by atoms with Crippen LogP contribution in [-0.4, -0.2) is 38.7 Å². The van der Waals surface area contributed by atoms with Gasteiger partial charge >= 0.3 is 11.9 Å². The maximum Gasteiger partial charge on any atom is 0.304 e. The van der Waals surface area contributed by atoms with Crippen LogP contribution in [0.4, 0.5) is 0 Å². The van der Waals surface area contributed by atoms with Gasteiger partial charge in [-0.3, -0.25) is 9.59 Å². The van der Waals surface area contributed by atoms with Crippen molar-refractivity contribution < 1.29 is 19.8 Å². The summed E-state index contributed by atoms with van der Waals surface area (Å²) in [4.78, 5) is 20.2. The fourth-order valence-corrected chi connectivity index (χ4v) is 2.55. The van der Waals surface area contributed by atoms with E-state index in [0.29, 0.717) is 11.5 Å². The second kappa shape index (κ2) is 8.25. The van der Waals surface area contributed by atoms with Crippen LogP contribution in [0, 0.1) is 0 Å². The Morgan fingerprint density at radius 3 is 1.62 bits per heavy atom. The molecule has 0 aliphatic heterocycles. The second-order valence-corrected chi connectivity index (χ2v) is 4.80. The highest BCUT2D eigenvalue weighted by Gasteiger charge is 1.98. The first kappa shape index (κ1) is 12.6. The van der Waals surface area contributed by atoms with Crippen molar-refractivity contribution in [1.82, 2.24) is 0 Å². The van der Waals surface area contributed by atoms with E-state index >= 15 is 0 Å². The smallest absolute Gasteiger partial charge is 0.304 e. The molecule has 0 aromatic carbocycles. The van der Waals surface area contributed by atoms with E-state index in [4.69, 9.17) is 10.2 Å². The quantitative estimate of drug-likeness (QED) is 0.479. The molecule has 0 amide bonds. The molecule has 0 radical (unpaired) electrons. The summed E-state index contributed by atoms with van der Waals surface area (Å²) >= 11 is 3.04. The van der Waals surface area contributed by atoms with Gasteiger partial charge in [0, 0.05) is 16.6 Å². The summed E-state index contributed by atoms with van der Waals surface area (Å²) in [5.41, 5.74) is 0. The number of carboxylic acid groups (broad SMARTS) is 2. The molecule has 0 bridgehead atoms. The molecule has 0 fully saturated rings. The standard InChI is InChI=1S/C7H12O4S2/c8-6(9)1-3-12-5-13-4-2-7(10)11/h1-5H2,(H,8,9)(H,10,11). The summed E-state index contributed by atoms with van der Waals surface area (Å²) in [5.74, 6) is -0.392. The molecule has 0 spiro atoms. The minimum absolute atomic E-state index is 0.171. The highest BCUT2D eigenvalue weighted by Crippen LogP contribution is 2.13. The van der Waals surface area contributed by atoms with Crippen molar-refractivity contribution in [2.24, 2.45) is 0 Å². The average molecular weight is 224 g/mol. The Bertz CT molecular complexity index is 154. The Labute approximate surface area is 85.1 Å². The van der Waals surface area contributed by atoms with E-state index in [0.717, 1.165) is 5.08 Å². The molecule has 2 N–H and O–H groups in total. The molecule has 0 saturated carbocycles. The van der Waals surface area contributed by atoms with Crippen LogP contribution in [0.2, 0.25) is 0 Å². The Kier molecular flexibility index (Phi) is 8.02. The van der Waals surface area contributed by atoms with Gasteiger partial charge in [-0.1, -0.05) is 0 Å². The van der Waals surface area contributed by atoms with Crippen molar-refractivity contribution in [2.45, 2.75) is 12.8 Å². The number of rotatable bonds is 8. The zero-order chi connectivity index (χ0) is 10.1. The van der Waals surface area contributed by atoms with Gasteiger partial charge in [-0.25, -0.2) is 0 Å². The maximum atomic E-state index is 10.1. The Hall–Kier alpha value is -0.360. The summed E-state index contributed by atoms with van der Waals surface area (Å²) in [6, 6.07) is 0. The third kappa shape index (κ3) is 11.6. The largest absolute Gasteiger partial charge is 0.481 e. The van der Waals surface area contributed by atoms with E-state index in [1.54, 1.807) is 0 Å². The normalized spacial score (nSPS) is 9.85. The van der Waals surface area contributed by atoms with Gasteiger partial charge in [0.25, 0.3) is 0 Å². The average Bonchev–Trinajstić information content (AvgIpc) is 2.01. The second-order valence-electron chi connectivity index (χ2n) is 2.22. The highest BCUT2D eigenvalue weighted by atomic mass is 32.2. The first-order valence-corrected chi connectivity index (χ1v) is 6.03. The predicted octanol–water partition coefficient (Wildman–Crippen LogP) is 1.36. The van der Waals surface area contributed by atoms with Gasteiger partial charge in [-0.2, -0.15) is 23.5 Å². The summed E-state index contributed by atoms with van der Waals surface area (Å²) in [6.45, 7) is 0. The molecule has 76 valence electrons. The molecule has 0 rings (SSSR count). The summed E-state index contributed by atoms with van der Waals surface area (Å²) in [7, 11) is 0. The first-order chi connectivity index (χ1) is 6.13. The highest BCUT2D eigenvalue weighted by molar-refractivity contribution is 8.15. The number of aliphatic carboxylic acids is 2. The van der Waals surface area contributed by atoms with Gasteiger partial charge < -0.3 is 10.2 Å². The van der Waals surface area contributed by atoms with Crippen molar-refractivity contribution in [1.29, 1.82) is 0 Å². The van der Waals surface area contributed by atoms with Gasteiger partial charge in [0.15, 0.2) is 0 Å². The third-order valence-corrected chi connectivity index (χ3v) is 3.41. The molecule has 0 aliphatic carbocycles. The Morgan fingerprint density at radius 1 is 0.923 bits per heavy atom. The minimum atomic E-state index is -0.789. The fourth-order valence-electron chi connectivity index (χ4n) is 0.496. The van der Waals surface area contributed by atoms with Crippen molar-refractivity contribution in [2.75, 3.05) is 16.6 Å². The number of thioether (sulfide) groups is 2. The lowest BCUT2D eigenvalue weighted by Gasteiger charge is -1.98. The molecule has 13 heavy (non-hydrogen) atoms. The summed E-state index contributed by atoms with van der Waals surface area (Å²) in [5, 5.41) is 17.3. The van der Waals surface area contributed by atoms with Crippen LogP contribution in [-0.2, 0) is 9.59 Å². The van der Waals surface area contributed by atoms with Crippen molar-refractivity contribution >= 4 is 35.5 Å². The molecule has 0 aromatic rings. The van der Waals surface area contributed by atoms with Crippen LogP contribution in [0.1, 0.15) is 12.8 Å². The zero-order valence-corrected chi connectivity index (χ0v) is 8.70. The van der Waals surface area contributed by atoms with Crippen molar-refractivity contribution in [3.8, 4) is 0 Å². The monoisotopic (exact) mass is 224 g/mol. The summed E-state index contributed by atoms with van der Waals surface area (Å²) in [6.07, 6.45) is 0.342. The lowest BCUT2D eigenvalue weighted by molar-refractivity contribution is -0.137. The SMILES string of the molecule is O=C(O)CCSCSCCC(=O)O. The zero-order valence-electron chi connectivity index (χ0n) is 7.06. The lowest BCUT2D eigenvalue weighted by atomic mass is 10.5. The maximum absolute atomic E-state index is 10.1. The molecule has 4 nitrogen and oxygen atoms in total. The molecular weight excluding hydrogens is 212 g/mol.